The third-order valence-electron chi connectivity index (χ3n) is 4.01. The zero-order valence-electron chi connectivity index (χ0n) is 14.1. The number of aryl methyl sites for hydroxylation is 2. The van der Waals surface area contributed by atoms with E-state index in [1.165, 1.54) is 4.68 Å². The molecule has 3 aromatic rings. The predicted octanol–water partition coefficient (Wildman–Crippen LogP) is 3.22. The molecular weight excluding hydrogens is 361 g/mol. The van der Waals surface area contributed by atoms with E-state index in [1.807, 2.05) is 42.7 Å². The summed E-state index contributed by atoms with van der Waals surface area (Å²) in [7, 11) is 3.75. The first kappa shape index (κ1) is 17.5. The standard InChI is InChI=1S/C17H17Cl2N5O/c1-11-4-5-12(8-13(11)18)24-17(25)16(19)14(9-21-24)23(3)10-15-20-6-7-22(15)2/h4-9H,10H2,1-3H3. The lowest BCUT2D eigenvalue weighted by atomic mass is 10.2. The van der Waals surface area contributed by atoms with Gasteiger partial charge in [-0.2, -0.15) is 9.78 Å². The lowest BCUT2D eigenvalue weighted by molar-refractivity contribution is 0.749. The molecule has 1 aromatic carbocycles. The highest BCUT2D eigenvalue weighted by Crippen LogP contribution is 2.23. The van der Waals surface area contributed by atoms with Crippen molar-refractivity contribution in [2.75, 3.05) is 11.9 Å². The van der Waals surface area contributed by atoms with Gasteiger partial charge in [0.2, 0.25) is 0 Å². The summed E-state index contributed by atoms with van der Waals surface area (Å²) in [5.74, 6) is 0.855. The fourth-order valence-electron chi connectivity index (χ4n) is 2.43. The summed E-state index contributed by atoms with van der Waals surface area (Å²) < 4.78 is 3.15. The average Bonchev–Trinajstić information content (AvgIpc) is 2.97. The van der Waals surface area contributed by atoms with Crippen LogP contribution in [0.15, 0.2) is 41.6 Å². The highest BCUT2D eigenvalue weighted by Gasteiger charge is 2.15. The number of nitrogens with zero attached hydrogens (tertiary/aromatic N) is 5. The average molecular weight is 378 g/mol. The Labute approximate surface area is 155 Å². The maximum atomic E-state index is 12.6. The minimum Gasteiger partial charge on any atom is -0.364 e. The Kier molecular flexibility index (Phi) is 4.83. The number of benzene rings is 1. The molecule has 0 atom stereocenters. The highest BCUT2D eigenvalue weighted by molar-refractivity contribution is 6.33. The fraction of sp³-hybridized carbons (Fsp3) is 0.235. The van der Waals surface area contributed by atoms with Crippen LogP contribution in [0, 0.1) is 6.92 Å². The van der Waals surface area contributed by atoms with Gasteiger partial charge in [0.05, 0.1) is 24.1 Å². The number of imidazole rings is 1. The summed E-state index contributed by atoms with van der Waals surface area (Å²) in [6.07, 6.45) is 5.16. The van der Waals surface area contributed by atoms with E-state index < -0.39 is 5.56 Å². The van der Waals surface area contributed by atoms with Crippen molar-refractivity contribution in [2.24, 2.45) is 7.05 Å². The molecule has 0 saturated carbocycles. The lowest BCUT2D eigenvalue weighted by Gasteiger charge is -2.20. The molecule has 0 aliphatic rings. The van der Waals surface area contributed by atoms with Gasteiger partial charge in [0.15, 0.2) is 0 Å². The molecule has 0 radical (unpaired) electrons. The van der Waals surface area contributed by atoms with Gasteiger partial charge in [-0.15, -0.1) is 0 Å². The van der Waals surface area contributed by atoms with Gasteiger partial charge in [-0.3, -0.25) is 4.79 Å². The monoisotopic (exact) mass is 377 g/mol. The van der Waals surface area contributed by atoms with E-state index in [1.54, 1.807) is 24.5 Å². The Balaban J connectivity index is 1.96. The summed E-state index contributed by atoms with van der Waals surface area (Å²) in [6.45, 7) is 2.40. The molecule has 130 valence electrons. The van der Waals surface area contributed by atoms with Crippen molar-refractivity contribution in [3.8, 4) is 5.69 Å². The first-order valence-electron chi connectivity index (χ1n) is 7.60. The molecule has 8 heteroatoms. The van der Waals surface area contributed by atoms with Gasteiger partial charge < -0.3 is 9.47 Å². The van der Waals surface area contributed by atoms with Gasteiger partial charge in [0.25, 0.3) is 5.56 Å². The smallest absolute Gasteiger partial charge is 0.292 e. The van der Waals surface area contributed by atoms with E-state index in [0.717, 1.165) is 11.4 Å². The summed E-state index contributed by atoms with van der Waals surface area (Å²) in [6, 6.07) is 5.31. The third kappa shape index (κ3) is 3.41. The molecule has 0 saturated heterocycles. The second-order valence-electron chi connectivity index (χ2n) is 5.80. The molecule has 6 nitrogen and oxygen atoms in total. The minimum atomic E-state index is -0.397. The molecule has 0 spiro atoms. The van der Waals surface area contributed by atoms with E-state index in [9.17, 15) is 4.79 Å². The summed E-state index contributed by atoms with van der Waals surface area (Å²) in [5.41, 5.74) is 1.65. The zero-order chi connectivity index (χ0) is 18.1. The molecule has 0 bridgehead atoms. The minimum absolute atomic E-state index is 0.100. The number of hydrogen-bond donors (Lipinski definition) is 0. The van der Waals surface area contributed by atoms with Crippen LogP contribution in [0.3, 0.4) is 0 Å². The molecule has 0 aliphatic carbocycles. The number of aromatic nitrogens is 4. The summed E-state index contributed by atoms with van der Waals surface area (Å²) in [5, 5.41) is 4.91. The molecule has 0 unspecified atom stereocenters. The van der Waals surface area contributed by atoms with Crippen LogP contribution in [-0.4, -0.2) is 26.4 Å². The van der Waals surface area contributed by atoms with E-state index in [4.69, 9.17) is 23.2 Å². The van der Waals surface area contributed by atoms with Crippen molar-refractivity contribution in [3.63, 3.8) is 0 Å². The first-order valence-corrected chi connectivity index (χ1v) is 8.35. The lowest BCUT2D eigenvalue weighted by Crippen LogP contribution is -2.26. The Morgan fingerprint density at radius 1 is 1.28 bits per heavy atom. The van der Waals surface area contributed by atoms with Crippen LogP contribution < -0.4 is 10.5 Å². The molecule has 0 fully saturated rings. The van der Waals surface area contributed by atoms with Gasteiger partial charge in [-0.25, -0.2) is 4.98 Å². The number of halogens is 2. The Hall–Kier alpha value is -2.31. The number of hydrogen-bond acceptors (Lipinski definition) is 4. The van der Waals surface area contributed by atoms with Crippen LogP contribution in [0.5, 0.6) is 0 Å². The van der Waals surface area contributed by atoms with Crippen LogP contribution in [0.25, 0.3) is 5.69 Å². The van der Waals surface area contributed by atoms with Crippen LogP contribution in [0.1, 0.15) is 11.4 Å². The van der Waals surface area contributed by atoms with Gasteiger partial charge in [-0.1, -0.05) is 29.3 Å². The van der Waals surface area contributed by atoms with Gasteiger partial charge in [-0.05, 0) is 24.6 Å². The summed E-state index contributed by atoms with van der Waals surface area (Å²) >= 11 is 12.5. The molecule has 0 N–H and O–H groups in total. The van der Waals surface area contributed by atoms with Gasteiger partial charge >= 0.3 is 0 Å². The van der Waals surface area contributed by atoms with Crippen LogP contribution in [0.4, 0.5) is 5.69 Å². The van der Waals surface area contributed by atoms with Crippen molar-refractivity contribution in [2.45, 2.75) is 13.5 Å². The van der Waals surface area contributed by atoms with Gasteiger partial charge in [0.1, 0.15) is 10.8 Å². The SMILES string of the molecule is Cc1ccc(-n2ncc(N(C)Cc3nccn3C)c(Cl)c2=O)cc1Cl. The maximum Gasteiger partial charge on any atom is 0.292 e. The normalized spacial score (nSPS) is 10.9. The largest absolute Gasteiger partial charge is 0.364 e. The van der Waals surface area contributed by atoms with Crippen molar-refractivity contribution in [3.05, 3.63) is 68.6 Å². The van der Waals surface area contributed by atoms with Gasteiger partial charge in [0, 0.05) is 31.5 Å². The van der Waals surface area contributed by atoms with Crippen molar-refractivity contribution in [1.29, 1.82) is 0 Å². The topological polar surface area (TPSA) is 56.0 Å². The second kappa shape index (κ2) is 6.90. The second-order valence-corrected chi connectivity index (χ2v) is 6.59. The Morgan fingerprint density at radius 3 is 2.68 bits per heavy atom. The Bertz CT molecular complexity index is 979. The van der Waals surface area contributed by atoms with Crippen molar-refractivity contribution in [1.82, 2.24) is 19.3 Å². The van der Waals surface area contributed by atoms with E-state index in [0.29, 0.717) is 22.9 Å². The van der Waals surface area contributed by atoms with E-state index in [2.05, 4.69) is 10.1 Å². The molecule has 25 heavy (non-hydrogen) atoms. The van der Waals surface area contributed by atoms with Crippen LogP contribution >= 0.6 is 23.2 Å². The molecular formula is C17H17Cl2N5O. The van der Waals surface area contributed by atoms with E-state index in [-0.39, 0.29) is 5.02 Å². The van der Waals surface area contributed by atoms with Crippen molar-refractivity contribution < 1.29 is 0 Å². The third-order valence-corrected chi connectivity index (χ3v) is 4.77. The molecule has 0 aliphatic heterocycles. The fourth-order valence-corrected chi connectivity index (χ4v) is 2.88. The van der Waals surface area contributed by atoms with Crippen LogP contribution in [0.2, 0.25) is 10.0 Å². The molecule has 2 heterocycles. The van der Waals surface area contributed by atoms with Crippen LogP contribution in [-0.2, 0) is 13.6 Å². The zero-order valence-corrected chi connectivity index (χ0v) is 15.6. The quantitative estimate of drug-likeness (QED) is 0.700. The Morgan fingerprint density at radius 2 is 2.04 bits per heavy atom. The number of rotatable bonds is 4. The first-order chi connectivity index (χ1) is 11.9. The molecule has 0 amide bonds. The number of anilines is 1. The molecule has 2 aromatic heterocycles. The predicted molar refractivity (Wildman–Crippen MR) is 99.9 cm³/mol. The van der Waals surface area contributed by atoms with E-state index >= 15 is 0 Å². The maximum absolute atomic E-state index is 12.6. The highest BCUT2D eigenvalue weighted by atomic mass is 35.5. The molecule has 3 rings (SSSR count). The van der Waals surface area contributed by atoms with Crippen molar-refractivity contribution >= 4 is 28.9 Å². The summed E-state index contributed by atoms with van der Waals surface area (Å²) in [4.78, 5) is 18.8.